The average molecular weight is 404 g/mol. The van der Waals surface area contributed by atoms with E-state index >= 15 is 0 Å². The molecule has 0 fully saturated rings. The summed E-state index contributed by atoms with van der Waals surface area (Å²) in [6.45, 7) is 4.25. The zero-order chi connectivity index (χ0) is 20.7. The SMILES string of the molecule is CCC1C(=O)OCc2c1cc1n(c2=O)Cc2c-1nc1cc(F)c(C)c3c1c2CCC3. The first-order chi connectivity index (χ1) is 14.5. The van der Waals surface area contributed by atoms with Crippen LogP contribution in [0, 0.1) is 12.7 Å². The van der Waals surface area contributed by atoms with Crippen molar-refractivity contribution in [2.45, 2.75) is 58.6 Å². The number of nitrogens with zero attached hydrogens (tertiary/aromatic N) is 2. The first-order valence-corrected chi connectivity index (χ1v) is 10.6. The Labute approximate surface area is 172 Å². The number of hydrogen-bond acceptors (Lipinski definition) is 4. The maximum absolute atomic E-state index is 14.6. The molecule has 1 unspecified atom stereocenters. The van der Waals surface area contributed by atoms with Crippen LogP contribution in [0.4, 0.5) is 4.39 Å². The summed E-state index contributed by atoms with van der Waals surface area (Å²) in [5.74, 6) is -0.939. The van der Waals surface area contributed by atoms with Crippen LogP contribution >= 0.6 is 0 Å². The van der Waals surface area contributed by atoms with Gasteiger partial charge in [-0.05, 0) is 60.9 Å². The molecular weight excluding hydrogens is 383 g/mol. The molecule has 2 aliphatic heterocycles. The molecule has 0 N–H and O–H groups in total. The molecule has 0 saturated carbocycles. The van der Waals surface area contributed by atoms with Crippen molar-refractivity contribution < 1.29 is 13.9 Å². The number of ether oxygens (including phenoxy) is 1. The van der Waals surface area contributed by atoms with Gasteiger partial charge in [0, 0.05) is 17.0 Å². The van der Waals surface area contributed by atoms with Gasteiger partial charge in [-0.15, -0.1) is 0 Å². The molecule has 0 bridgehead atoms. The Kier molecular flexibility index (Phi) is 3.56. The van der Waals surface area contributed by atoms with Crippen LogP contribution in [0.2, 0.25) is 0 Å². The molecule has 1 atom stereocenters. The summed E-state index contributed by atoms with van der Waals surface area (Å²) in [5.41, 5.74) is 7.36. The van der Waals surface area contributed by atoms with Crippen molar-refractivity contribution in [3.8, 4) is 11.4 Å². The van der Waals surface area contributed by atoms with Gasteiger partial charge in [-0.25, -0.2) is 9.37 Å². The summed E-state index contributed by atoms with van der Waals surface area (Å²) >= 11 is 0. The molecule has 152 valence electrons. The fourth-order valence-electron chi connectivity index (χ4n) is 5.54. The Morgan fingerprint density at radius 3 is 2.77 bits per heavy atom. The zero-order valence-electron chi connectivity index (χ0n) is 17.0. The Hall–Kier alpha value is -3.02. The minimum Gasteiger partial charge on any atom is -0.460 e. The fourth-order valence-corrected chi connectivity index (χ4v) is 5.54. The van der Waals surface area contributed by atoms with Gasteiger partial charge in [0.15, 0.2) is 0 Å². The van der Waals surface area contributed by atoms with Crippen LogP contribution in [-0.4, -0.2) is 15.5 Å². The van der Waals surface area contributed by atoms with Crippen LogP contribution < -0.4 is 5.56 Å². The number of hydrogen-bond donors (Lipinski definition) is 0. The normalized spacial score (nSPS) is 18.8. The molecule has 0 saturated heterocycles. The van der Waals surface area contributed by atoms with E-state index < -0.39 is 5.92 Å². The van der Waals surface area contributed by atoms with E-state index in [1.54, 1.807) is 4.57 Å². The third kappa shape index (κ3) is 2.14. The molecular formula is C24H21FN2O3. The predicted octanol–water partition coefficient (Wildman–Crippen LogP) is 3.91. The van der Waals surface area contributed by atoms with E-state index in [1.807, 2.05) is 19.9 Å². The minimum atomic E-state index is -0.429. The number of cyclic esters (lactones) is 1. The van der Waals surface area contributed by atoms with E-state index in [9.17, 15) is 14.0 Å². The number of pyridine rings is 2. The number of benzene rings is 1. The zero-order valence-corrected chi connectivity index (χ0v) is 17.0. The Morgan fingerprint density at radius 1 is 1.17 bits per heavy atom. The molecule has 6 heteroatoms. The fraction of sp³-hybridized carbons (Fsp3) is 0.375. The monoisotopic (exact) mass is 404 g/mol. The number of fused-ring (bicyclic) bond motifs is 5. The molecule has 30 heavy (non-hydrogen) atoms. The largest absolute Gasteiger partial charge is 0.460 e. The van der Waals surface area contributed by atoms with E-state index in [4.69, 9.17) is 9.72 Å². The lowest BCUT2D eigenvalue weighted by Gasteiger charge is -2.24. The Morgan fingerprint density at radius 2 is 1.97 bits per heavy atom. The summed E-state index contributed by atoms with van der Waals surface area (Å²) in [5, 5.41) is 1.06. The molecule has 5 nitrogen and oxygen atoms in total. The van der Waals surface area contributed by atoms with Crippen LogP contribution in [0.1, 0.15) is 59.1 Å². The summed E-state index contributed by atoms with van der Waals surface area (Å²) in [6.07, 6.45) is 3.30. The highest BCUT2D eigenvalue weighted by Gasteiger charge is 2.35. The quantitative estimate of drug-likeness (QED) is 0.451. The smallest absolute Gasteiger partial charge is 0.313 e. The number of esters is 1. The van der Waals surface area contributed by atoms with Crippen LogP contribution in [0.15, 0.2) is 16.9 Å². The van der Waals surface area contributed by atoms with Crippen molar-refractivity contribution in [1.82, 2.24) is 9.55 Å². The lowest BCUT2D eigenvalue weighted by molar-refractivity contribution is -0.148. The highest BCUT2D eigenvalue weighted by atomic mass is 19.1. The highest BCUT2D eigenvalue weighted by Crippen LogP contribution is 2.42. The van der Waals surface area contributed by atoms with Gasteiger partial charge < -0.3 is 9.30 Å². The molecule has 0 radical (unpaired) electrons. The molecule has 3 aliphatic rings. The minimum absolute atomic E-state index is 0.0247. The van der Waals surface area contributed by atoms with Crippen LogP contribution in [0.3, 0.4) is 0 Å². The Bertz CT molecular complexity index is 1360. The first-order valence-electron chi connectivity index (χ1n) is 10.6. The second-order valence-electron chi connectivity index (χ2n) is 8.55. The molecule has 1 aliphatic carbocycles. The van der Waals surface area contributed by atoms with Gasteiger partial charge in [0.05, 0.1) is 34.9 Å². The maximum atomic E-state index is 14.6. The third-order valence-electron chi connectivity index (χ3n) is 7.09. The molecule has 4 heterocycles. The molecule has 6 rings (SSSR count). The molecule has 0 amide bonds. The van der Waals surface area contributed by atoms with Crippen molar-refractivity contribution in [2.75, 3.05) is 0 Å². The van der Waals surface area contributed by atoms with Crippen molar-refractivity contribution in [2.24, 2.45) is 0 Å². The van der Waals surface area contributed by atoms with Gasteiger partial charge in [0.1, 0.15) is 12.4 Å². The van der Waals surface area contributed by atoms with Gasteiger partial charge in [-0.1, -0.05) is 6.92 Å². The van der Waals surface area contributed by atoms with Crippen LogP contribution in [-0.2, 0) is 35.5 Å². The highest BCUT2D eigenvalue weighted by molar-refractivity contribution is 5.92. The Balaban J connectivity index is 1.67. The number of carbonyl (C=O) groups is 1. The number of aryl methyl sites for hydroxylation is 2. The van der Waals surface area contributed by atoms with E-state index in [1.165, 1.54) is 11.6 Å². The lowest BCUT2D eigenvalue weighted by Crippen LogP contribution is -2.32. The van der Waals surface area contributed by atoms with Crippen LogP contribution in [0.25, 0.3) is 22.3 Å². The maximum Gasteiger partial charge on any atom is 0.313 e. The van der Waals surface area contributed by atoms with Gasteiger partial charge in [-0.3, -0.25) is 9.59 Å². The third-order valence-corrected chi connectivity index (χ3v) is 7.09. The van der Waals surface area contributed by atoms with E-state index in [-0.39, 0.29) is 24.0 Å². The number of halogens is 1. The van der Waals surface area contributed by atoms with Gasteiger partial charge in [-0.2, -0.15) is 0 Å². The molecule has 2 aromatic heterocycles. The van der Waals surface area contributed by atoms with Crippen molar-refractivity contribution in [1.29, 1.82) is 0 Å². The predicted molar refractivity (Wildman–Crippen MR) is 110 cm³/mol. The molecule has 0 spiro atoms. The van der Waals surface area contributed by atoms with Crippen molar-refractivity contribution in [3.63, 3.8) is 0 Å². The molecule has 1 aromatic carbocycles. The topological polar surface area (TPSA) is 61.2 Å². The van der Waals surface area contributed by atoms with E-state index in [0.717, 1.165) is 52.7 Å². The van der Waals surface area contributed by atoms with E-state index in [2.05, 4.69) is 0 Å². The molecule has 3 aromatic rings. The summed E-state index contributed by atoms with van der Waals surface area (Å²) in [6, 6.07) is 3.46. The summed E-state index contributed by atoms with van der Waals surface area (Å²) in [4.78, 5) is 30.4. The number of carbonyl (C=O) groups excluding carboxylic acids is 1. The second-order valence-corrected chi connectivity index (χ2v) is 8.55. The van der Waals surface area contributed by atoms with Crippen LogP contribution in [0.5, 0.6) is 0 Å². The van der Waals surface area contributed by atoms with Gasteiger partial charge >= 0.3 is 5.97 Å². The first kappa shape index (κ1) is 17.8. The van der Waals surface area contributed by atoms with Crippen molar-refractivity contribution in [3.05, 3.63) is 61.7 Å². The summed E-state index contributed by atoms with van der Waals surface area (Å²) in [7, 11) is 0. The van der Waals surface area contributed by atoms with Crippen molar-refractivity contribution >= 4 is 16.9 Å². The number of rotatable bonds is 1. The van der Waals surface area contributed by atoms with Gasteiger partial charge in [0.2, 0.25) is 0 Å². The summed E-state index contributed by atoms with van der Waals surface area (Å²) < 4.78 is 21.6. The number of aromatic nitrogens is 2. The second kappa shape index (κ2) is 6.00. The van der Waals surface area contributed by atoms with E-state index in [0.29, 0.717) is 29.6 Å². The standard InChI is InChI=1S/C24H21FN2O3/c1-3-12-15-7-20-22-16(9-27(20)23(28)17(15)10-30-24(12)29)14-6-4-5-13-11(2)18(25)8-19(26-22)21(13)14/h7-8,12H,3-6,9-10H2,1-2H3. The van der Waals surface area contributed by atoms with Gasteiger partial charge in [0.25, 0.3) is 5.56 Å². The lowest BCUT2D eigenvalue weighted by atomic mass is 9.84. The average Bonchev–Trinajstić information content (AvgIpc) is 3.11.